The molecule has 1 N–H and O–H groups in total. The molecule has 0 radical (unpaired) electrons. The van der Waals surface area contributed by atoms with Gasteiger partial charge in [0.05, 0.1) is 6.54 Å². The molecular weight excluding hydrogens is 464 g/mol. The van der Waals surface area contributed by atoms with Crippen LogP contribution in [0.1, 0.15) is 18.7 Å². The van der Waals surface area contributed by atoms with E-state index in [4.69, 9.17) is 4.52 Å². The molecule has 0 atom stereocenters. The average molecular weight is 487 g/mol. The van der Waals surface area contributed by atoms with Gasteiger partial charge < -0.3 is 9.84 Å². The molecule has 30 heavy (non-hydrogen) atoms. The smallest absolute Gasteiger partial charge is 0.241 e. The minimum Gasteiger partial charge on any atom is -0.338 e. The van der Waals surface area contributed by atoms with Gasteiger partial charge in [0.1, 0.15) is 0 Å². The minimum absolute atomic E-state index is 0.0280. The van der Waals surface area contributed by atoms with E-state index in [9.17, 15) is 4.79 Å². The second kappa shape index (κ2) is 9.76. The summed E-state index contributed by atoms with van der Waals surface area (Å²) in [4.78, 5) is 20.6. The first kappa shape index (κ1) is 21.1. The molecule has 1 aliphatic rings. The number of piperidine rings is 1. The van der Waals surface area contributed by atoms with Gasteiger partial charge in [-0.1, -0.05) is 27.2 Å². The summed E-state index contributed by atoms with van der Waals surface area (Å²) in [6.07, 6.45) is 3.67. The summed E-state index contributed by atoms with van der Waals surface area (Å²) < 4.78 is 6.44. The van der Waals surface area contributed by atoms with Crippen LogP contribution in [0.4, 0.5) is 5.69 Å². The first-order chi connectivity index (χ1) is 14.6. The summed E-state index contributed by atoms with van der Waals surface area (Å²) in [5, 5.41) is 7.15. The molecule has 1 aromatic heterocycles. The summed E-state index contributed by atoms with van der Waals surface area (Å²) in [6.45, 7) is 2.27. The van der Waals surface area contributed by atoms with E-state index in [1.165, 1.54) is 0 Å². The predicted molar refractivity (Wildman–Crippen MR) is 122 cm³/mol. The molecule has 6 nitrogen and oxygen atoms in total. The Morgan fingerprint density at radius 3 is 2.73 bits per heavy atom. The van der Waals surface area contributed by atoms with E-state index in [-0.39, 0.29) is 11.8 Å². The van der Waals surface area contributed by atoms with Gasteiger partial charge in [0, 0.05) is 26.5 Å². The van der Waals surface area contributed by atoms with Crippen molar-refractivity contribution in [2.24, 2.45) is 5.92 Å². The number of nitrogens with zero attached hydrogens (tertiary/aromatic N) is 3. The minimum atomic E-state index is 0.0280. The van der Waals surface area contributed by atoms with Crippen molar-refractivity contribution < 1.29 is 9.32 Å². The average Bonchev–Trinajstić information content (AvgIpc) is 3.23. The zero-order valence-corrected chi connectivity index (χ0v) is 19.1. The lowest BCUT2D eigenvalue weighted by atomic mass is 9.96. The predicted octanol–water partition coefficient (Wildman–Crippen LogP) is 5.07. The Balaban J connectivity index is 1.28. The van der Waals surface area contributed by atoms with E-state index >= 15 is 0 Å². The van der Waals surface area contributed by atoms with Crippen LogP contribution in [0.5, 0.6) is 0 Å². The highest BCUT2D eigenvalue weighted by atomic mass is 79.9. The fourth-order valence-electron chi connectivity index (χ4n) is 3.53. The number of thioether (sulfide) groups is 1. The van der Waals surface area contributed by atoms with Gasteiger partial charge in [0.15, 0.2) is 0 Å². The normalized spacial score (nSPS) is 15.3. The zero-order chi connectivity index (χ0) is 20.9. The summed E-state index contributed by atoms with van der Waals surface area (Å²) in [7, 11) is 0. The Morgan fingerprint density at radius 2 is 2.00 bits per heavy atom. The fraction of sp³-hybridized carbons (Fsp3) is 0.318. The number of nitrogens with one attached hydrogen (secondary N) is 1. The van der Waals surface area contributed by atoms with Gasteiger partial charge in [-0.15, -0.1) is 11.8 Å². The molecule has 8 heteroatoms. The molecule has 1 saturated heterocycles. The van der Waals surface area contributed by atoms with Gasteiger partial charge in [-0.2, -0.15) is 4.98 Å². The van der Waals surface area contributed by atoms with Crippen molar-refractivity contribution in [2.75, 3.05) is 24.7 Å². The molecule has 0 aliphatic carbocycles. The Morgan fingerprint density at radius 1 is 1.23 bits per heavy atom. The molecule has 1 aliphatic heterocycles. The number of halogens is 1. The second-order valence-corrected chi connectivity index (χ2v) is 9.09. The number of hydrogen-bond donors (Lipinski definition) is 1. The fourth-order valence-corrected chi connectivity index (χ4v) is 4.25. The second-order valence-electron chi connectivity index (χ2n) is 7.29. The zero-order valence-electron chi connectivity index (χ0n) is 16.7. The first-order valence-electron chi connectivity index (χ1n) is 9.86. The highest BCUT2D eigenvalue weighted by Gasteiger charge is 2.26. The molecule has 3 aromatic rings. The van der Waals surface area contributed by atoms with E-state index in [2.05, 4.69) is 36.3 Å². The van der Waals surface area contributed by atoms with Crippen molar-refractivity contribution in [1.29, 1.82) is 0 Å². The molecule has 0 bridgehead atoms. The van der Waals surface area contributed by atoms with E-state index in [0.29, 0.717) is 18.3 Å². The van der Waals surface area contributed by atoms with Crippen LogP contribution in [0.3, 0.4) is 0 Å². The van der Waals surface area contributed by atoms with Crippen LogP contribution in [-0.4, -0.2) is 40.3 Å². The van der Waals surface area contributed by atoms with E-state index in [0.717, 1.165) is 46.6 Å². The molecule has 0 spiro atoms. The molecule has 156 valence electrons. The summed E-state index contributed by atoms with van der Waals surface area (Å²) in [6, 6.07) is 15.8. The maximum Gasteiger partial charge on any atom is 0.241 e. The highest BCUT2D eigenvalue weighted by Crippen LogP contribution is 2.24. The van der Waals surface area contributed by atoms with Crippen molar-refractivity contribution in [3.63, 3.8) is 0 Å². The maximum absolute atomic E-state index is 12.6. The van der Waals surface area contributed by atoms with Crippen molar-refractivity contribution in [3.05, 3.63) is 58.9 Å². The third-order valence-electron chi connectivity index (χ3n) is 5.23. The van der Waals surface area contributed by atoms with Gasteiger partial charge in [0.25, 0.3) is 0 Å². The number of carbonyl (C=O) groups excluding carboxylic acids is 1. The molecule has 4 rings (SSSR count). The standard InChI is InChI=1S/C22H23BrN4O2S/c1-30-19-4-2-3-18(13-19)24-22(28)16-9-11-27(12-10-16)14-20-25-21(26-29-20)15-5-7-17(23)8-6-15/h2-8,13,16H,9-12,14H2,1H3,(H,24,28). The number of likely N-dealkylation sites (tertiary alicyclic amines) is 1. The lowest BCUT2D eigenvalue weighted by Crippen LogP contribution is -2.37. The van der Waals surface area contributed by atoms with Crippen LogP contribution < -0.4 is 5.32 Å². The highest BCUT2D eigenvalue weighted by molar-refractivity contribution is 9.10. The number of hydrogen-bond acceptors (Lipinski definition) is 6. The number of aromatic nitrogens is 2. The molecule has 1 amide bonds. The van der Waals surface area contributed by atoms with Gasteiger partial charge in [-0.25, -0.2) is 0 Å². The van der Waals surface area contributed by atoms with Crippen LogP contribution in [0.25, 0.3) is 11.4 Å². The number of benzene rings is 2. The monoisotopic (exact) mass is 486 g/mol. The Bertz CT molecular complexity index is 1000. The van der Waals surface area contributed by atoms with Crippen LogP contribution in [-0.2, 0) is 11.3 Å². The molecule has 1 fully saturated rings. The lowest BCUT2D eigenvalue weighted by Gasteiger charge is -2.30. The van der Waals surface area contributed by atoms with Gasteiger partial charge in [-0.3, -0.25) is 9.69 Å². The van der Waals surface area contributed by atoms with E-state index in [1.807, 2.05) is 54.8 Å². The summed E-state index contributed by atoms with van der Waals surface area (Å²) >= 11 is 5.10. The van der Waals surface area contributed by atoms with Crippen LogP contribution in [0.15, 0.2) is 62.4 Å². The van der Waals surface area contributed by atoms with Crippen molar-refractivity contribution in [3.8, 4) is 11.4 Å². The summed E-state index contributed by atoms with van der Waals surface area (Å²) in [5.41, 5.74) is 1.79. The Kier molecular flexibility index (Phi) is 6.86. The SMILES string of the molecule is CSc1cccc(NC(=O)C2CCN(Cc3nc(-c4ccc(Br)cc4)no3)CC2)c1. The van der Waals surface area contributed by atoms with Gasteiger partial charge in [0.2, 0.25) is 17.6 Å². The van der Waals surface area contributed by atoms with E-state index < -0.39 is 0 Å². The number of carbonyl (C=O) groups is 1. The largest absolute Gasteiger partial charge is 0.338 e. The number of rotatable bonds is 6. The molecule has 0 saturated carbocycles. The third kappa shape index (κ3) is 5.30. The Hall–Kier alpha value is -2.16. The van der Waals surface area contributed by atoms with Crippen LogP contribution in [0, 0.1) is 5.92 Å². The molecule has 2 heterocycles. The molecule has 2 aromatic carbocycles. The first-order valence-corrected chi connectivity index (χ1v) is 11.9. The third-order valence-corrected chi connectivity index (χ3v) is 6.48. The van der Waals surface area contributed by atoms with Crippen LogP contribution >= 0.6 is 27.7 Å². The van der Waals surface area contributed by atoms with Gasteiger partial charge in [-0.05, 0) is 74.7 Å². The number of anilines is 1. The van der Waals surface area contributed by atoms with Crippen molar-refractivity contribution in [1.82, 2.24) is 15.0 Å². The Labute approximate surface area is 188 Å². The summed E-state index contributed by atoms with van der Waals surface area (Å²) in [5.74, 6) is 1.33. The lowest BCUT2D eigenvalue weighted by molar-refractivity contribution is -0.121. The van der Waals surface area contributed by atoms with E-state index in [1.54, 1.807) is 11.8 Å². The maximum atomic E-state index is 12.6. The van der Waals surface area contributed by atoms with Crippen molar-refractivity contribution >= 4 is 39.3 Å². The van der Waals surface area contributed by atoms with Crippen LogP contribution in [0.2, 0.25) is 0 Å². The number of amides is 1. The topological polar surface area (TPSA) is 71.3 Å². The van der Waals surface area contributed by atoms with Crippen molar-refractivity contribution in [2.45, 2.75) is 24.3 Å². The molecule has 0 unspecified atom stereocenters. The quantitative estimate of drug-likeness (QED) is 0.490. The van der Waals surface area contributed by atoms with Gasteiger partial charge >= 0.3 is 0 Å². The molecular formula is C22H23BrN4O2S.